The van der Waals surface area contributed by atoms with Gasteiger partial charge >= 0.3 is 0 Å². The van der Waals surface area contributed by atoms with E-state index in [9.17, 15) is 0 Å². The van der Waals surface area contributed by atoms with E-state index in [4.69, 9.17) is 5.10 Å². The van der Waals surface area contributed by atoms with Crippen LogP contribution in [0.3, 0.4) is 0 Å². The van der Waals surface area contributed by atoms with Crippen LogP contribution in [0.15, 0.2) is 84.4 Å². The molecular formula is C22H22N3S+. The molecule has 4 heteroatoms. The molecule has 0 saturated heterocycles. The van der Waals surface area contributed by atoms with E-state index in [1.807, 2.05) is 6.07 Å². The van der Waals surface area contributed by atoms with E-state index in [0.717, 1.165) is 25.3 Å². The van der Waals surface area contributed by atoms with Gasteiger partial charge < -0.3 is 5.32 Å². The summed E-state index contributed by atoms with van der Waals surface area (Å²) in [4.78, 5) is 1.24. The molecule has 2 aromatic heterocycles. The molecule has 26 heavy (non-hydrogen) atoms. The van der Waals surface area contributed by atoms with Gasteiger partial charge in [0.15, 0.2) is 0 Å². The largest absolute Gasteiger partial charge is 0.339 e. The molecule has 4 rings (SSSR count). The predicted molar refractivity (Wildman–Crippen MR) is 107 cm³/mol. The Kier molecular flexibility index (Phi) is 5.24. The van der Waals surface area contributed by atoms with Crippen LogP contribution >= 0.6 is 11.3 Å². The molecule has 0 bridgehead atoms. The van der Waals surface area contributed by atoms with Crippen LogP contribution < -0.4 is 5.32 Å². The molecule has 2 N–H and O–H groups in total. The Balaban J connectivity index is 1.52. The Morgan fingerprint density at radius 3 is 2.23 bits per heavy atom. The molecule has 0 spiro atoms. The van der Waals surface area contributed by atoms with Crippen LogP contribution in [0.5, 0.6) is 0 Å². The smallest absolute Gasteiger partial charge is 0.111 e. The molecule has 2 aromatic carbocycles. The fourth-order valence-electron chi connectivity index (χ4n) is 3.09. The van der Waals surface area contributed by atoms with Crippen LogP contribution in [-0.2, 0) is 19.6 Å². The van der Waals surface area contributed by atoms with Crippen molar-refractivity contribution in [3.8, 4) is 10.6 Å². The lowest BCUT2D eigenvalue weighted by atomic mass is 10.2. The summed E-state index contributed by atoms with van der Waals surface area (Å²) < 4.78 is 2.07. The van der Waals surface area contributed by atoms with Crippen LogP contribution in [0, 0.1) is 0 Å². The van der Waals surface area contributed by atoms with Crippen LogP contribution in [0.1, 0.15) is 16.7 Å². The fraction of sp³-hybridized carbons (Fsp3) is 0.136. The highest BCUT2D eigenvalue weighted by Crippen LogP contribution is 2.26. The van der Waals surface area contributed by atoms with E-state index in [-0.39, 0.29) is 0 Å². The third kappa shape index (κ3) is 4.10. The summed E-state index contributed by atoms with van der Waals surface area (Å²) in [5.74, 6) is 0. The molecule has 0 amide bonds. The van der Waals surface area contributed by atoms with Gasteiger partial charge in [0, 0.05) is 11.8 Å². The maximum absolute atomic E-state index is 4.88. The van der Waals surface area contributed by atoms with Crippen molar-refractivity contribution in [1.29, 1.82) is 0 Å². The van der Waals surface area contributed by atoms with Gasteiger partial charge in [-0.05, 0) is 17.0 Å². The normalized spacial score (nSPS) is 10.9. The molecule has 0 unspecified atom stereocenters. The lowest BCUT2D eigenvalue weighted by Crippen LogP contribution is -2.80. The molecule has 130 valence electrons. The topological polar surface area (TPSA) is 34.4 Å². The lowest BCUT2D eigenvalue weighted by Gasteiger charge is -2.02. The van der Waals surface area contributed by atoms with Gasteiger partial charge in [-0.2, -0.15) is 5.10 Å². The standard InChI is InChI=1S/C22H21N3S/c1-3-8-18(9-4-1)14-23-15-20-17-25(16-19-10-5-2-6-11-19)24-22(20)21-12-7-13-26-21/h1-13,17,23H,14-16H2/p+1. The Bertz CT molecular complexity index is 928. The van der Waals surface area contributed by atoms with Crippen LogP contribution in [0.4, 0.5) is 0 Å². The Hall–Kier alpha value is -2.69. The second kappa shape index (κ2) is 8.13. The lowest BCUT2D eigenvalue weighted by molar-refractivity contribution is -0.686. The highest BCUT2D eigenvalue weighted by atomic mass is 32.1. The highest BCUT2D eigenvalue weighted by Gasteiger charge is 2.14. The van der Waals surface area contributed by atoms with Gasteiger partial charge in [-0.1, -0.05) is 66.7 Å². The first-order chi connectivity index (χ1) is 12.9. The van der Waals surface area contributed by atoms with Crippen molar-refractivity contribution in [2.75, 3.05) is 0 Å². The average molecular weight is 361 g/mol. The van der Waals surface area contributed by atoms with Gasteiger partial charge in [-0.25, -0.2) is 0 Å². The minimum atomic E-state index is 0.803. The van der Waals surface area contributed by atoms with E-state index >= 15 is 0 Å². The Labute approximate surface area is 157 Å². The second-order valence-electron chi connectivity index (χ2n) is 6.35. The Morgan fingerprint density at radius 2 is 1.54 bits per heavy atom. The van der Waals surface area contributed by atoms with Gasteiger partial charge in [0.2, 0.25) is 0 Å². The minimum absolute atomic E-state index is 0.803. The summed E-state index contributed by atoms with van der Waals surface area (Å²) in [6.07, 6.45) is 2.20. The molecule has 4 aromatic rings. The summed E-state index contributed by atoms with van der Waals surface area (Å²) in [7, 11) is 0. The van der Waals surface area contributed by atoms with Crippen molar-refractivity contribution >= 4 is 11.3 Å². The molecule has 0 radical (unpaired) electrons. The Morgan fingerprint density at radius 1 is 0.808 bits per heavy atom. The highest BCUT2D eigenvalue weighted by molar-refractivity contribution is 7.13. The van der Waals surface area contributed by atoms with Crippen molar-refractivity contribution in [2.24, 2.45) is 0 Å². The van der Waals surface area contributed by atoms with Gasteiger partial charge in [0.1, 0.15) is 18.8 Å². The van der Waals surface area contributed by atoms with Crippen LogP contribution in [0.25, 0.3) is 10.6 Å². The number of thiophene rings is 1. The number of nitrogens with two attached hydrogens (primary N) is 1. The van der Waals surface area contributed by atoms with Crippen molar-refractivity contribution in [2.45, 2.75) is 19.6 Å². The quantitative estimate of drug-likeness (QED) is 0.532. The van der Waals surface area contributed by atoms with E-state index in [2.05, 4.69) is 88.3 Å². The first-order valence-electron chi connectivity index (χ1n) is 8.88. The molecule has 2 heterocycles. The van der Waals surface area contributed by atoms with Gasteiger partial charge in [-0.3, -0.25) is 4.68 Å². The van der Waals surface area contributed by atoms with Crippen molar-refractivity contribution < 1.29 is 5.32 Å². The molecular weight excluding hydrogens is 338 g/mol. The molecule has 0 aliphatic heterocycles. The predicted octanol–water partition coefficient (Wildman–Crippen LogP) is 3.92. The molecule has 0 aliphatic carbocycles. The number of benzene rings is 2. The monoisotopic (exact) mass is 360 g/mol. The molecule has 0 atom stereocenters. The van der Waals surface area contributed by atoms with Crippen molar-refractivity contribution in [1.82, 2.24) is 9.78 Å². The number of hydrogen-bond donors (Lipinski definition) is 1. The van der Waals surface area contributed by atoms with E-state index in [1.165, 1.54) is 21.6 Å². The number of rotatable bonds is 7. The molecule has 0 aliphatic rings. The zero-order valence-corrected chi connectivity index (χ0v) is 15.4. The van der Waals surface area contributed by atoms with E-state index in [1.54, 1.807) is 11.3 Å². The van der Waals surface area contributed by atoms with Crippen LogP contribution in [-0.4, -0.2) is 9.78 Å². The third-order valence-electron chi connectivity index (χ3n) is 4.37. The zero-order valence-electron chi connectivity index (χ0n) is 14.6. The fourth-order valence-corrected chi connectivity index (χ4v) is 3.84. The summed E-state index contributed by atoms with van der Waals surface area (Å²) >= 11 is 1.75. The molecule has 0 fully saturated rings. The molecule has 0 saturated carbocycles. The van der Waals surface area contributed by atoms with E-state index < -0.39 is 0 Å². The summed E-state index contributed by atoms with van der Waals surface area (Å²) in [6.45, 7) is 2.71. The van der Waals surface area contributed by atoms with Gasteiger partial charge in [-0.15, -0.1) is 11.3 Å². The zero-order chi connectivity index (χ0) is 17.6. The maximum Gasteiger partial charge on any atom is 0.111 e. The van der Waals surface area contributed by atoms with Gasteiger partial charge in [0.05, 0.1) is 17.0 Å². The minimum Gasteiger partial charge on any atom is -0.339 e. The SMILES string of the molecule is c1ccc(C[NH2+]Cc2cn(Cc3ccccc3)nc2-c2cccs2)cc1. The summed E-state index contributed by atoms with van der Waals surface area (Å²) in [5, 5.41) is 9.34. The third-order valence-corrected chi connectivity index (χ3v) is 5.24. The first kappa shape index (κ1) is 16.8. The number of nitrogens with zero attached hydrogens (tertiary/aromatic N) is 2. The van der Waals surface area contributed by atoms with Crippen molar-refractivity contribution in [3.63, 3.8) is 0 Å². The summed E-state index contributed by atoms with van der Waals surface area (Å²) in [6, 6.07) is 25.3. The second-order valence-corrected chi connectivity index (χ2v) is 7.29. The van der Waals surface area contributed by atoms with Crippen molar-refractivity contribution in [3.05, 3.63) is 101 Å². The summed E-state index contributed by atoms with van der Waals surface area (Å²) in [5.41, 5.74) is 5.02. The van der Waals surface area contributed by atoms with Gasteiger partial charge in [0.25, 0.3) is 0 Å². The number of quaternary nitrogens is 1. The number of hydrogen-bond acceptors (Lipinski definition) is 2. The first-order valence-corrected chi connectivity index (χ1v) is 9.76. The maximum atomic E-state index is 4.88. The molecule has 3 nitrogen and oxygen atoms in total. The van der Waals surface area contributed by atoms with E-state index in [0.29, 0.717) is 0 Å². The number of aromatic nitrogens is 2. The average Bonchev–Trinajstić information content (AvgIpc) is 3.33. The van der Waals surface area contributed by atoms with Crippen LogP contribution in [0.2, 0.25) is 0 Å².